The zero-order valence-electron chi connectivity index (χ0n) is 11.1. The first-order valence-electron chi connectivity index (χ1n) is 7.09. The fourth-order valence-electron chi connectivity index (χ4n) is 3.72. The van der Waals surface area contributed by atoms with E-state index in [2.05, 4.69) is 10.3 Å². The van der Waals surface area contributed by atoms with Gasteiger partial charge in [-0.05, 0) is 30.2 Å². The van der Waals surface area contributed by atoms with Gasteiger partial charge < -0.3 is 0 Å². The van der Waals surface area contributed by atoms with E-state index in [1.807, 2.05) is 30.3 Å². The van der Waals surface area contributed by atoms with Gasteiger partial charge in [-0.25, -0.2) is 5.84 Å². The highest BCUT2D eigenvalue weighted by atomic mass is 16.2. The van der Waals surface area contributed by atoms with Gasteiger partial charge in [-0.1, -0.05) is 36.8 Å². The van der Waals surface area contributed by atoms with Gasteiger partial charge >= 0.3 is 0 Å². The Kier molecular flexibility index (Phi) is 3.53. The van der Waals surface area contributed by atoms with Gasteiger partial charge in [-0.3, -0.25) is 15.1 Å². The number of hydrogen-bond donors (Lipinski definition) is 2. The maximum atomic E-state index is 12.1. The van der Waals surface area contributed by atoms with Crippen molar-refractivity contribution in [3.63, 3.8) is 0 Å². The lowest BCUT2D eigenvalue weighted by Crippen LogP contribution is -2.42. The number of carbonyl (C=O) groups is 1. The third kappa shape index (κ3) is 2.38. The van der Waals surface area contributed by atoms with E-state index in [0.717, 1.165) is 30.5 Å². The van der Waals surface area contributed by atoms with Crippen molar-refractivity contribution in [1.29, 1.82) is 0 Å². The van der Waals surface area contributed by atoms with Crippen LogP contribution in [0.15, 0.2) is 30.3 Å². The lowest BCUT2D eigenvalue weighted by atomic mass is 10.0. The van der Waals surface area contributed by atoms with Crippen LogP contribution >= 0.6 is 0 Å². The molecule has 1 aromatic carbocycles. The second-order valence-corrected chi connectivity index (χ2v) is 5.73. The summed E-state index contributed by atoms with van der Waals surface area (Å²) >= 11 is 0. The van der Waals surface area contributed by atoms with Crippen molar-refractivity contribution in [2.75, 3.05) is 13.1 Å². The lowest BCUT2D eigenvalue weighted by Gasteiger charge is -2.27. The van der Waals surface area contributed by atoms with Crippen molar-refractivity contribution < 1.29 is 4.79 Å². The van der Waals surface area contributed by atoms with Gasteiger partial charge in [0.1, 0.15) is 6.04 Å². The minimum absolute atomic E-state index is 0.105. The molecule has 0 aromatic heterocycles. The molecule has 4 nitrogen and oxygen atoms in total. The Labute approximate surface area is 113 Å². The summed E-state index contributed by atoms with van der Waals surface area (Å²) in [6.45, 7) is 2.05. The summed E-state index contributed by atoms with van der Waals surface area (Å²) in [5, 5.41) is 0. The van der Waals surface area contributed by atoms with Crippen LogP contribution in [0.4, 0.5) is 0 Å². The van der Waals surface area contributed by atoms with Crippen LogP contribution in [0.1, 0.15) is 30.9 Å². The van der Waals surface area contributed by atoms with E-state index in [-0.39, 0.29) is 11.9 Å². The fourth-order valence-corrected chi connectivity index (χ4v) is 3.72. The number of rotatable bonds is 3. The van der Waals surface area contributed by atoms with E-state index in [9.17, 15) is 4.79 Å². The molecule has 0 bridgehead atoms. The van der Waals surface area contributed by atoms with Crippen molar-refractivity contribution >= 4 is 5.91 Å². The molecule has 3 atom stereocenters. The summed E-state index contributed by atoms with van der Waals surface area (Å²) in [5.41, 5.74) is 3.36. The molecule has 2 fully saturated rings. The number of likely N-dealkylation sites (tertiary alicyclic amines) is 1. The molecule has 2 aliphatic rings. The zero-order chi connectivity index (χ0) is 13.2. The number of hydrazine groups is 1. The average Bonchev–Trinajstić information content (AvgIpc) is 3.01. The molecule has 1 aliphatic heterocycles. The molecule has 19 heavy (non-hydrogen) atoms. The van der Waals surface area contributed by atoms with Gasteiger partial charge in [0.25, 0.3) is 5.91 Å². The van der Waals surface area contributed by atoms with Crippen molar-refractivity contribution in [1.82, 2.24) is 10.3 Å². The van der Waals surface area contributed by atoms with Crippen molar-refractivity contribution in [2.45, 2.75) is 25.3 Å². The van der Waals surface area contributed by atoms with E-state index < -0.39 is 0 Å². The molecule has 3 N–H and O–H groups in total. The van der Waals surface area contributed by atoms with Gasteiger partial charge in [0.15, 0.2) is 0 Å². The van der Waals surface area contributed by atoms with Gasteiger partial charge in [-0.15, -0.1) is 0 Å². The van der Waals surface area contributed by atoms with Gasteiger partial charge in [-0.2, -0.15) is 0 Å². The lowest BCUT2D eigenvalue weighted by molar-refractivity contribution is -0.126. The molecule has 0 spiro atoms. The van der Waals surface area contributed by atoms with Gasteiger partial charge in [0.2, 0.25) is 0 Å². The third-order valence-electron chi connectivity index (χ3n) is 4.63. The Morgan fingerprint density at radius 2 is 1.84 bits per heavy atom. The molecular formula is C15H21N3O. The number of fused-ring (bicyclic) bond motifs is 1. The number of hydrogen-bond acceptors (Lipinski definition) is 3. The molecule has 1 saturated carbocycles. The molecule has 3 unspecified atom stereocenters. The quantitative estimate of drug-likeness (QED) is 0.491. The van der Waals surface area contributed by atoms with E-state index in [1.54, 1.807) is 0 Å². The van der Waals surface area contributed by atoms with Crippen molar-refractivity contribution in [3.8, 4) is 0 Å². The predicted octanol–water partition coefficient (Wildman–Crippen LogP) is 1.45. The molecule has 4 heteroatoms. The third-order valence-corrected chi connectivity index (χ3v) is 4.63. The zero-order valence-corrected chi connectivity index (χ0v) is 11.1. The first-order valence-corrected chi connectivity index (χ1v) is 7.09. The molecular weight excluding hydrogens is 238 g/mol. The van der Waals surface area contributed by atoms with Crippen LogP contribution in [0.5, 0.6) is 0 Å². The van der Waals surface area contributed by atoms with Crippen LogP contribution in [0.25, 0.3) is 0 Å². The SMILES string of the molecule is NNC(=O)C(c1ccccc1)N1CC2CCCC2C1. The smallest absolute Gasteiger partial charge is 0.255 e. The maximum Gasteiger partial charge on any atom is 0.255 e. The van der Waals surface area contributed by atoms with Crippen LogP contribution in [-0.2, 0) is 4.79 Å². The monoisotopic (exact) mass is 259 g/mol. The summed E-state index contributed by atoms with van der Waals surface area (Å²) < 4.78 is 0. The average molecular weight is 259 g/mol. The number of carbonyl (C=O) groups excluding carboxylic acids is 1. The second-order valence-electron chi connectivity index (χ2n) is 5.73. The largest absolute Gasteiger partial charge is 0.293 e. The summed E-state index contributed by atoms with van der Waals surface area (Å²) in [6, 6.07) is 9.70. The Bertz CT molecular complexity index is 436. The minimum Gasteiger partial charge on any atom is -0.293 e. The number of nitrogens with two attached hydrogens (primary N) is 1. The standard InChI is InChI=1S/C15H21N3O/c16-17-15(19)14(11-5-2-1-3-6-11)18-9-12-7-4-8-13(12)10-18/h1-3,5-6,12-14H,4,7-10,16H2,(H,17,19). The Balaban J connectivity index is 1.82. The maximum absolute atomic E-state index is 12.1. The molecule has 3 rings (SSSR count). The molecule has 1 amide bonds. The van der Waals surface area contributed by atoms with Crippen LogP contribution in [0.2, 0.25) is 0 Å². The molecule has 1 heterocycles. The topological polar surface area (TPSA) is 58.4 Å². The number of benzene rings is 1. The van der Waals surface area contributed by atoms with Crippen molar-refractivity contribution in [2.24, 2.45) is 17.7 Å². The van der Waals surface area contributed by atoms with E-state index in [0.29, 0.717) is 0 Å². The first kappa shape index (κ1) is 12.6. The highest BCUT2D eigenvalue weighted by molar-refractivity contribution is 5.82. The molecule has 0 radical (unpaired) electrons. The molecule has 1 aromatic rings. The fraction of sp³-hybridized carbons (Fsp3) is 0.533. The van der Waals surface area contributed by atoms with E-state index >= 15 is 0 Å². The first-order chi connectivity index (χ1) is 9.29. The molecule has 1 saturated heterocycles. The minimum atomic E-state index is -0.239. The van der Waals surface area contributed by atoms with Gasteiger partial charge in [0.05, 0.1) is 0 Å². The van der Waals surface area contributed by atoms with Crippen LogP contribution in [0.3, 0.4) is 0 Å². The summed E-state index contributed by atoms with van der Waals surface area (Å²) in [7, 11) is 0. The normalized spacial score (nSPS) is 28.1. The Morgan fingerprint density at radius 3 is 2.42 bits per heavy atom. The highest BCUT2D eigenvalue weighted by Gasteiger charge is 2.40. The number of amides is 1. The predicted molar refractivity (Wildman–Crippen MR) is 73.9 cm³/mol. The number of nitrogens with one attached hydrogen (secondary N) is 1. The van der Waals surface area contributed by atoms with Crippen LogP contribution in [0, 0.1) is 11.8 Å². The Hall–Kier alpha value is -1.39. The van der Waals surface area contributed by atoms with Crippen LogP contribution < -0.4 is 11.3 Å². The second kappa shape index (κ2) is 5.31. The molecule has 1 aliphatic carbocycles. The number of nitrogens with zero attached hydrogens (tertiary/aromatic N) is 1. The summed E-state index contributed by atoms with van der Waals surface area (Å²) in [4.78, 5) is 14.4. The van der Waals surface area contributed by atoms with E-state index in [1.165, 1.54) is 19.3 Å². The van der Waals surface area contributed by atoms with Gasteiger partial charge in [0, 0.05) is 13.1 Å². The summed E-state index contributed by atoms with van der Waals surface area (Å²) in [5.74, 6) is 6.81. The van der Waals surface area contributed by atoms with E-state index in [4.69, 9.17) is 5.84 Å². The molecule has 102 valence electrons. The Morgan fingerprint density at radius 1 is 1.21 bits per heavy atom. The van der Waals surface area contributed by atoms with Crippen molar-refractivity contribution in [3.05, 3.63) is 35.9 Å². The van der Waals surface area contributed by atoms with Crippen LogP contribution in [-0.4, -0.2) is 23.9 Å². The summed E-state index contributed by atoms with van der Waals surface area (Å²) in [6.07, 6.45) is 3.97. The highest BCUT2D eigenvalue weighted by Crippen LogP contribution is 2.40.